The van der Waals surface area contributed by atoms with Crippen LogP contribution in [0, 0.1) is 16.7 Å². The van der Waals surface area contributed by atoms with Crippen molar-refractivity contribution in [3.8, 4) is 6.07 Å². The minimum Gasteiger partial charge on any atom is -0.408 e. The fourth-order valence-corrected chi connectivity index (χ4v) is 2.15. The predicted octanol–water partition coefficient (Wildman–Crippen LogP) is 1.98. The van der Waals surface area contributed by atoms with E-state index in [0.29, 0.717) is 5.58 Å². The zero-order valence-corrected chi connectivity index (χ0v) is 9.56. The summed E-state index contributed by atoms with van der Waals surface area (Å²) in [5.41, 5.74) is 2.33. The number of benzene rings is 1. The molecule has 0 N–H and O–H groups in total. The van der Waals surface area contributed by atoms with Crippen molar-refractivity contribution < 1.29 is 4.42 Å². The average molecular weight is 228 g/mol. The van der Waals surface area contributed by atoms with E-state index in [2.05, 4.69) is 6.07 Å². The molecule has 0 atom stereocenters. The van der Waals surface area contributed by atoms with Gasteiger partial charge in [0, 0.05) is 7.05 Å². The number of nitriles is 1. The summed E-state index contributed by atoms with van der Waals surface area (Å²) in [4.78, 5) is 11.3. The lowest BCUT2D eigenvalue weighted by molar-refractivity contribution is 0.528. The first-order valence-electron chi connectivity index (χ1n) is 5.63. The van der Waals surface area contributed by atoms with Crippen molar-refractivity contribution >= 4 is 11.1 Å². The Morgan fingerprint density at radius 3 is 2.94 bits per heavy atom. The Labute approximate surface area is 98.1 Å². The van der Waals surface area contributed by atoms with Gasteiger partial charge in [0.15, 0.2) is 5.58 Å². The minimum absolute atomic E-state index is 0.156. The largest absolute Gasteiger partial charge is 0.419 e. The smallest absolute Gasteiger partial charge is 0.408 e. The van der Waals surface area contributed by atoms with Crippen LogP contribution in [0.1, 0.15) is 18.4 Å². The fourth-order valence-electron chi connectivity index (χ4n) is 2.15. The quantitative estimate of drug-likeness (QED) is 0.789. The maximum Gasteiger partial charge on any atom is 0.419 e. The summed E-state index contributed by atoms with van der Waals surface area (Å²) in [6, 6.07) is 8.06. The van der Waals surface area contributed by atoms with E-state index in [1.807, 2.05) is 12.1 Å². The van der Waals surface area contributed by atoms with Crippen LogP contribution in [0.4, 0.5) is 0 Å². The molecule has 1 aliphatic carbocycles. The number of nitrogens with zero attached hydrogens (tertiary/aromatic N) is 2. The van der Waals surface area contributed by atoms with Gasteiger partial charge in [-0.2, -0.15) is 5.26 Å². The van der Waals surface area contributed by atoms with Crippen molar-refractivity contribution in [2.45, 2.75) is 19.3 Å². The molecule has 3 rings (SSSR count). The Morgan fingerprint density at radius 2 is 2.29 bits per heavy atom. The second-order valence-electron chi connectivity index (χ2n) is 4.80. The zero-order valence-electron chi connectivity index (χ0n) is 9.56. The number of hydrogen-bond acceptors (Lipinski definition) is 3. The van der Waals surface area contributed by atoms with Crippen molar-refractivity contribution in [3.05, 3.63) is 34.3 Å². The first kappa shape index (κ1) is 10.2. The van der Waals surface area contributed by atoms with E-state index in [4.69, 9.17) is 9.68 Å². The van der Waals surface area contributed by atoms with Crippen LogP contribution < -0.4 is 5.76 Å². The highest BCUT2D eigenvalue weighted by atomic mass is 16.4. The lowest BCUT2D eigenvalue weighted by atomic mass is 9.98. The third kappa shape index (κ3) is 1.55. The third-order valence-electron chi connectivity index (χ3n) is 3.49. The normalized spacial score (nSPS) is 16.9. The molecule has 4 nitrogen and oxygen atoms in total. The Kier molecular flexibility index (Phi) is 1.93. The molecule has 1 aromatic carbocycles. The molecule has 1 aliphatic rings. The Morgan fingerprint density at radius 1 is 1.53 bits per heavy atom. The standard InChI is InChI=1S/C13H12N2O2/c1-15-10-6-9(7-13(8-14)4-5-13)2-3-11(10)17-12(15)16/h2-3,6H,4-5,7H2,1H3. The summed E-state index contributed by atoms with van der Waals surface area (Å²) in [7, 11) is 1.69. The number of hydrogen-bond donors (Lipinski definition) is 0. The topological polar surface area (TPSA) is 58.9 Å². The zero-order chi connectivity index (χ0) is 12.0. The second kappa shape index (κ2) is 3.24. The van der Waals surface area contributed by atoms with Gasteiger partial charge in [-0.15, -0.1) is 0 Å². The lowest BCUT2D eigenvalue weighted by Gasteiger charge is -2.05. The van der Waals surface area contributed by atoms with Gasteiger partial charge in [-0.3, -0.25) is 4.57 Å². The van der Waals surface area contributed by atoms with E-state index in [-0.39, 0.29) is 11.2 Å². The van der Waals surface area contributed by atoms with E-state index < -0.39 is 0 Å². The molecule has 0 saturated heterocycles. The summed E-state index contributed by atoms with van der Waals surface area (Å²) in [6.07, 6.45) is 2.72. The summed E-state index contributed by atoms with van der Waals surface area (Å²) in [6.45, 7) is 0. The molecule has 0 radical (unpaired) electrons. The molecule has 0 aliphatic heterocycles. The number of fused-ring (bicyclic) bond motifs is 1. The van der Waals surface area contributed by atoms with Gasteiger partial charge in [0.05, 0.1) is 17.0 Å². The minimum atomic E-state index is -0.349. The number of aryl methyl sites for hydroxylation is 1. The van der Waals surface area contributed by atoms with E-state index in [1.54, 1.807) is 13.1 Å². The van der Waals surface area contributed by atoms with Gasteiger partial charge in [0.2, 0.25) is 0 Å². The maximum absolute atomic E-state index is 11.3. The Balaban J connectivity index is 2.05. The highest BCUT2D eigenvalue weighted by Gasteiger charge is 2.42. The molecule has 1 heterocycles. The number of rotatable bonds is 2. The molecule has 0 unspecified atom stereocenters. The number of aromatic nitrogens is 1. The van der Waals surface area contributed by atoms with Crippen LogP contribution in [-0.2, 0) is 13.5 Å². The Bertz CT molecular complexity index is 683. The molecular weight excluding hydrogens is 216 g/mol. The highest BCUT2D eigenvalue weighted by Crippen LogP contribution is 2.47. The van der Waals surface area contributed by atoms with Crippen molar-refractivity contribution in [1.82, 2.24) is 4.57 Å². The first-order valence-corrected chi connectivity index (χ1v) is 5.63. The van der Waals surface area contributed by atoms with Crippen molar-refractivity contribution in [2.75, 3.05) is 0 Å². The van der Waals surface area contributed by atoms with Crippen LogP contribution in [0.15, 0.2) is 27.4 Å². The number of oxazole rings is 1. The van der Waals surface area contributed by atoms with Crippen LogP contribution in [0.5, 0.6) is 0 Å². The molecule has 1 fully saturated rings. The molecule has 17 heavy (non-hydrogen) atoms. The molecule has 86 valence electrons. The maximum atomic E-state index is 11.3. The van der Waals surface area contributed by atoms with Crippen molar-refractivity contribution in [3.63, 3.8) is 0 Å². The van der Waals surface area contributed by atoms with Crippen LogP contribution in [0.25, 0.3) is 11.1 Å². The van der Waals surface area contributed by atoms with Gasteiger partial charge in [0.25, 0.3) is 0 Å². The Hall–Kier alpha value is -2.02. The molecule has 0 bridgehead atoms. The molecule has 2 aromatic rings. The van der Waals surface area contributed by atoms with Crippen LogP contribution in [-0.4, -0.2) is 4.57 Å². The fraction of sp³-hybridized carbons (Fsp3) is 0.385. The molecule has 1 saturated carbocycles. The molecule has 0 amide bonds. The van der Waals surface area contributed by atoms with Gasteiger partial charge >= 0.3 is 5.76 Å². The summed E-state index contributed by atoms with van der Waals surface area (Å²) >= 11 is 0. The van der Waals surface area contributed by atoms with Crippen LogP contribution >= 0.6 is 0 Å². The van der Waals surface area contributed by atoms with Crippen molar-refractivity contribution in [1.29, 1.82) is 5.26 Å². The van der Waals surface area contributed by atoms with Gasteiger partial charge in [0.1, 0.15) is 0 Å². The lowest BCUT2D eigenvalue weighted by Crippen LogP contribution is -2.08. The van der Waals surface area contributed by atoms with Crippen molar-refractivity contribution in [2.24, 2.45) is 12.5 Å². The SMILES string of the molecule is Cn1c(=O)oc2ccc(CC3(C#N)CC3)cc21. The van der Waals surface area contributed by atoms with Crippen LogP contribution in [0.3, 0.4) is 0 Å². The highest BCUT2D eigenvalue weighted by molar-refractivity contribution is 5.73. The first-order chi connectivity index (χ1) is 8.13. The van der Waals surface area contributed by atoms with Gasteiger partial charge < -0.3 is 4.42 Å². The van der Waals surface area contributed by atoms with E-state index in [0.717, 1.165) is 30.3 Å². The second-order valence-corrected chi connectivity index (χ2v) is 4.80. The molecule has 1 aromatic heterocycles. The van der Waals surface area contributed by atoms with E-state index >= 15 is 0 Å². The summed E-state index contributed by atoms with van der Waals surface area (Å²) in [5.74, 6) is -0.349. The van der Waals surface area contributed by atoms with E-state index in [1.165, 1.54) is 4.57 Å². The monoisotopic (exact) mass is 228 g/mol. The molecule has 0 spiro atoms. The van der Waals surface area contributed by atoms with Gasteiger partial charge in [-0.25, -0.2) is 4.79 Å². The average Bonchev–Trinajstić information content (AvgIpc) is 3.04. The molecule has 4 heteroatoms. The van der Waals surface area contributed by atoms with E-state index in [9.17, 15) is 4.79 Å². The van der Waals surface area contributed by atoms with Gasteiger partial charge in [-0.05, 0) is 37.0 Å². The van der Waals surface area contributed by atoms with Crippen LogP contribution in [0.2, 0.25) is 0 Å². The third-order valence-corrected chi connectivity index (χ3v) is 3.49. The molecular formula is C13H12N2O2. The summed E-state index contributed by atoms with van der Waals surface area (Å²) in [5, 5.41) is 9.07. The van der Waals surface area contributed by atoms with Gasteiger partial charge in [-0.1, -0.05) is 6.07 Å². The predicted molar refractivity (Wildman–Crippen MR) is 62.4 cm³/mol. The summed E-state index contributed by atoms with van der Waals surface area (Å²) < 4.78 is 6.56.